The summed E-state index contributed by atoms with van der Waals surface area (Å²) in [6.07, 6.45) is 1.92. The van der Waals surface area contributed by atoms with Crippen LogP contribution in [-0.2, 0) is 0 Å². The van der Waals surface area contributed by atoms with Crippen molar-refractivity contribution < 1.29 is 0 Å². The van der Waals surface area contributed by atoms with Crippen molar-refractivity contribution in [3.05, 3.63) is 18.3 Å². The fraction of sp³-hybridized carbons (Fsp3) is 0. The van der Waals surface area contributed by atoms with Crippen molar-refractivity contribution in [1.29, 1.82) is 0 Å². The Bertz CT molecular complexity index is 254. The van der Waals surface area contributed by atoms with Crippen LogP contribution in [-0.4, -0.2) is 9.17 Å². The molecular formula is C4H4N2S3. The first-order chi connectivity index (χ1) is 4.47. The molecule has 2 rings (SSSR count). The van der Waals surface area contributed by atoms with Crippen LogP contribution in [0.15, 0.2) is 18.3 Å². The van der Waals surface area contributed by atoms with Gasteiger partial charge in [0.2, 0.25) is 0 Å². The van der Waals surface area contributed by atoms with Crippen LogP contribution in [0.4, 0.5) is 0 Å². The normalized spacial score (nSPS) is 10.2. The monoisotopic (exact) mass is 176 g/mol. The molecule has 2 aliphatic rings. The van der Waals surface area contributed by atoms with Crippen molar-refractivity contribution in [2.45, 2.75) is 0 Å². The highest BCUT2D eigenvalue weighted by Gasteiger charge is 1.96. The van der Waals surface area contributed by atoms with E-state index in [1.54, 1.807) is 30.2 Å². The number of fused-ring (bicyclic) bond motifs is 1. The van der Waals surface area contributed by atoms with Gasteiger partial charge in [-0.3, -0.25) is 5.10 Å². The molecule has 1 N–H and O–H groups in total. The predicted molar refractivity (Wildman–Crippen MR) is 42.6 cm³/mol. The summed E-state index contributed by atoms with van der Waals surface area (Å²) in [7, 11) is 5.26. The van der Waals surface area contributed by atoms with E-state index in [0.29, 0.717) is 0 Å². The second-order valence-corrected chi connectivity index (χ2v) is 5.33. The largest absolute Gasteiger partial charge is 0.291 e. The van der Waals surface area contributed by atoms with Gasteiger partial charge in [-0.25, -0.2) is 0 Å². The summed E-state index contributed by atoms with van der Waals surface area (Å²) in [6.45, 7) is 0. The van der Waals surface area contributed by atoms with Gasteiger partial charge in [0, 0.05) is 16.7 Å². The van der Waals surface area contributed by atoms with Crippen molar-refractivity contribution in [3.8, 4) is 5.00 Å². The van der Waals surface area contributed by atoms with E-state index in [4.69, 9.17) is 0 Å². The summed E-state index contributed by atoms with van der Waals surface area (Å²) in [5, 5.41) is 4.36. The number of rotatable bonds is 0. The van der Waals surface area contributed by atoms with Gasteiger partial charge in [0.15, 0.2) is 0 Å². The summed E-state index contributed by atoms with van der Waals surface area (Å²) in [6, 6.07) is 4.10. The molecule has 0 radical (unpaired) electrons. The van der Waals surface area contributed by atoms with Gasteiger partial charge in [0.05, 0.1) is 0 Å². The Labute approximate surface area is 62.9 Å². The lowest BCUT2D eigenvalue weighted by Crippen LogP contribution is -1.90. The molecule has 0 aromatic carbocycles. The van der Waals surface area contributed by atoms with E-state index in [0.717, 1.165) is 0 Å². The van der Waals surface area contributed by atoms with Crippen LogP contribution in [0, 0.1) is 0 Å². The van der Waals surface area contributed by atoms with Gasteiger partial charge >= 0.3 is 0 Å². The zero-order chi connectivity index (χ0) is 6.10. The molecule has 0 amide bonds. The van der Waals surface area contributed by atoms with Crippen molar-refractivity contribution in [2.24, 2.45) is 0 Å². The molecule has 0 bridgehead atoms. The van der Waals surface area contributed by atoms with Gasteiger partial charge in [-0.2, -0.15) is 4.07 Å². The third-order valence-corrected chi connectivity index (χ3v) is 4.64. The van der Waals surface area contributed by atoms with Crippen LogP contribution in [0.25, 0.3) is 5.00 Å². The second-order valence-electron chi connectivity index (χ2n) is 1.51. The maximum absolute atomic E-state index is 3.09. The van der Waals surface area contributed by atoms with Crippen molar-refractivity contribution in [2.75, 3.05) is 0 Å². The molecule has 48 valence electrons. The lowest BCUT2D eigenvalue weighted by molar-refractivity contribution is 0.948. The number of hydrogen-bond donors (Lipinski definition) is 1. The summed E-state index contributed by atoms with van der Waals surface area (Å²) in [5.41, 5.74) is 0. The first kappa shape index (κ1) is 5.52. The maximum atomic E-state index is 3.09. The zero-order valence-corrected chi connectivity index (χ0v) is 6.85. The van der Waals surface area contributed by atoms with E-state index in [1.165, 1.54) is 5.00 Å². The summed E-state index contributed by atoms with van der Waals surface area (Å²) < 4.78 is 2.04. The molecule has 9 heavy (non-hydrogen) atoms. The van der Waals surface area contributed by atoms with Gasteiger partial charge < -0.3 is 0 Å². The fourth-order valence-electron chi connectivity index (χ4n) is 0.573. The Morgan fingerprint density at radius 2 is 2.56 bits per heavy atom. The minimum Gasteiger partial charge on any atom is -0.291 e. The molecule has 2 nitrogen and oxygen atoms in total. The SMILES string of the molecule is c1c[nH]n2sssc-2c1. The minimum absolute atomic E-state index is 1.27. The predicted octanol–water partition coefficient (Wildman–Crippen LogP) is 2.55. The quantitative estimate of drug-likeness (QED) is 0.596. The second kappa shape index (κ2) is 2.17. The molecule has 2 aliphatic heterocycles. The molecule has 0 aliphatic carbocycles. The van der Waals surface area contributed by atoms with Crippen LogP contribution >= 0.6 is 30.2 Å². The van der Waals surface area contributed by atoms with Gasteiger partial charge in [0.1, 0.15) is 5.00 Å². The highest BCUT2D eigenvalue weighted by Crippen LogP contribution is 2.24. The van der Waals surface area contributed by atoms with Gasteiger partial charge in [-0.15, -0.1) is 0 Å². The first-order valence-electron chi connectivity index (χ1n) is 2.41. The molecule has 0 aromatic heterocycles. The first-order valence-corrected chi connectivity index (χ1v) is 5.85. The number of nitrogens with one attached hydrogen (secondary N) is 1. The molecular weight excluding hydrogens is 172 g/mol. The van der Waals surface area contributed by atoms with E-state index in [1.807, 2.05) is 16.3 Å². The van der Waals surface area contributed by atoms with E-state index in [-0.39, 0.29) is 0 Å². The minimum atomic E-state index is 1.27. The highest BCUT2D eigenvalue weighted by molar-refractivity contribution is 7.94. The number of H-pyrrole nitrogens is 1. The van der Waals surface area contributed by atoms with Gasteiger partial charge in [-0.1, -0.05) is 0 Å². The van der Waals surface area contributed by atoms with Gasteiger partial charge in [-0.05, 0) is 31.8 Å². The van der Waals surface area contributed by atoms with E-state index < -0.39 is 0 Å². The molecule has 0 atom stereocenters. The van der Waals surface area contributed by atoms with Crippen LogP contribution < -0.4 is 0 Å². The molecule has 2 heterocycles. The number of hydrogen-bond acceptors (Lipinski definition) is 3. The van der Waals surface area contributed by atoms with Crippen molar-refractivity contribution in [3.63, 3.8) is 0 Å². The average Bonchev–Trinajstić information content (AvgIpc) is 2.33. The van der Waals surface area contributed by atoms with Crippen LogP contribution in [0.2, 0.25) is 0 Å². The molecule has 0 unspecified atom stereocenters. The Morgan fingerprint density at radius 3 is 3.44 bits per heavy atom. The Balaban J connectivity index is 2.79. The molecule has 5 heteroatoms. The lowest BCUT2D eigenvalue weighted by atomic mass is 10.6. The van der Waals surface area contributed by atoms with E-state index in [2.05, 4.69) is 11.2 Å². The topological polar surface area (TPSA) is 20.7 Å². The number of aromatic amines is 1. The fourth-order valence-corrected chi connectivity index (χ4v) is 4.43. The maximum Gasteiger partial charge on any atom is 0.139 e. The molecule has 0 aromatic rings. The zero-order valence-electron chi connectivity index (χ0n) is 4.40. The summed E-state index contributed by atoms with van der Waals surface area (Å²) >= 11 is 0. The standard InChI is InChI=1S/C4H4N2S3/c1-2-4-6(5-3-1)8-9-7-4/h1-3,5H. The summed E-state index contributed by atoms with van der Waals surface area (Å²) in [4.78, 5) is 0. The number of aromatic nitrogens is 2. The van der Waals surface area contributed by atoms with Crippen molar-refractivity contribution >= 4 is 30.2 Å². The molecule has 0 spiro atoms. The Hall–Kier alpha value is -0.260. The lowest BCUT2D eigenvalue weighted by Gasteiger charge is -1.95. The molecule has 0 fully saturated rings. The van der Waals surface area contributed by atoms with Crippen LogP contribution in [0.3, 0.4) is 0 Å². The van der Waals surface area contributed by atoms with Gasteiger partial charge in [0.25, 0.3) is 0 Å². The van der Waals surface area contributed by atoms with E-state index in [9.17, 15) is 0 Å². The third kappa shape index (κ3) is 0.910. The molecule has 0 saturated carbocycles. The summed E-state index contributed by atoms with van der Waals surface area (Å²) in [5.74, 6) is 0. The van der Waals surface area contributed by atoms with Crippen LogP contribution in [0.5, 0.6) is 0 Å². The Kier molecular flexibility index (Phi) is 1.33. The third-order valence-electron chi connectivity index (χ3n) is 0.951. The highest BCUT2D eigenvalue weighted by atomic mass is 33.2. The smallest absolute Gasteiger partial charge is 0.139 e. The van der Waals surface area contributed by atoms with E-state index >= 15 is 0 Å². The van der Waals surface area contributed by atoms with Crippen molar-refractivity contribution in [1.82, 2.24) is 9.17 Å². The molecule has 0 saturated heterocycles. The van der Waals surface area contributed by atoms with Crippen LogP contribution in [0.1, 0.15) is 0 Å². The average molecular weight is 176 g/mol. The Morgan fingerprint density at radius 1 is 1.56 bits per heavy atom. The number of nitrogens with zero attached hydrogens (tertiary/aromatic N) is 1.